The Kier molecular flexibility index (Phi) is 8.62. The first-order valence-corrected chi connectivity index (χ1v) is 19.3. The molecule has 8 heteroatoms. The first kappa shape index (κ1) is 36.4. The fourth-order valence-corrected chi connectivity index (χ4v) is 11.9. The van der Waals surface area contributed by atoms with Gasteiger partial charge in [-0.15, -0.1) is 0 Å². The van der Waals surface area contributed by atoms with E-state index < -0.39 is 11.5 Å². The van der Waals surface area contributed by atoms with Gasteiger partial charge in [-0.3, -0.25) is 9.59 Å². The normalized spacial score (nSPS) is 30.5. The van der Waals surface area contributed by atoms with Crippen molar-refractivity contribution in [1.29, 1.82) is 0 Å². The van der Waals surface area contributed by atoms with Crippen molar-refractivity contribution in [2.45, 2.75) is 142 Å². The molecule has 0 amide bonds. The molecule has 2 fully saturated rings. The second kappa shape index (κ2) is 12.3. The Labute approximate surface area is 306 Å². The van der Waals surface area contributed by atoms with E-state index in [1.165, 1.54) is 12.8 Å². The Balaban J connectivity index is 0.000000162. The SMILES string of the molecule is C[C@@H]1CC[C@H]2C(C)(C)CCC[C@]2(C)c2c1oc1c(C=O)c(O)c(O)cc21.C[C@H]1CC[C@@H]2C(C)(C)CCC[C@@]2(C)c2c1oc1c(C=O)c(O)c(O)cc21. The summed E-state index contributed by atoms with van der Waals surface area (Å²) < 4.78 is 12.4. The van der Waals surface area contributed by atoms with Crippen LogP contribution in [0.25, 0.3) is 21.9 Å². The van der Waals surface area contributed by atoms with Crippen LogP contribution in [0.2, 0.25) is 0 Å². The fraction of sp³-hybridized carbons (Fsp3) is 0.591. The van der Waals surface area contributed by atoms with E-state index in [0.717, 1.165) is 84.8 Å². The molecule has 4 N–H and O–H groups in total. The van der Waals surface area contributed by atoms with Crippen molar-refractivity contribution >= 4 is 34.5 Å². The highest BCUT2D eigenvalue weighted by atomic mass is 16.3. The molecule has 0 spiro atoms. The van der Waals surface area contributed by atoms with Crippen molar-refractivity contribution in [2.24, 2.45) is 22.7 Å². The highest BCUT2D eigenvalue weighted by molar-refractivity contribution is 6.02. The zero-order valence-electron chi connectivity index (χ0n) is 32.1. The topological polar surface area (TPSA) is 141 Å². The summed E-state index contributed by atoms with van der Waals surface area (Å²) in [6.07, 6.45) is 12.5. The molecule has 4 aromatic rings. The number of benzene rings is 2. The molecule has 2 aromatic heterocycles. The van der Waals surface area contributed by atoms with Gasteiger partial charge in [-0.05, 0) is 97.0 Å². The summed E-state index contributed by atoms with van der Waals surface area (Å²) in [6, 6.07) is 3.17. The number of carbonyl (C=O) groups is 2. The molecule has 0 saturated heterocycles. The molecule has 0 bridgehead atoms. The maximum absolute atomic E-state index is 11.6. The molecule has 6 atom stereocenters. The van der Waals surface area contributed by atoms with Gasteiger partial charge in [0.15, 0.2) is 35.6 Å². The molecule has 0 aliphatic heterocycles. The summed E-state index contributed by atoms with van der Waals surface area (Å²) in [5.41, 5.74) is 3.59. The maximum Gasteiger partial charge on any atom is 0.172 e. The van der Waals surface area contributed by atoms with Crippen molar-refractivity contribution < 1.29 is 38.8 Å². The minimum absolute atomic E-state index is 0.0514. The number of fused-ring (bicyclic) bond motifs is 10. The number of aromatic hydroxyl groups is 4. The summed E-state index contributed by atoms with van der Waals surface area (Å²) in [6.45, 7) is 18.5. The van der Waals surface area contributed by atoms with Crippen LogP contribution in [0.1, 0.15) is 175 Å². The van der Waals surface area contributed by atoms with E-state index in [2.05, 4.69) is 55.4 Å². The second-order valence-electron chi connectivity index (χ2n) is 18.6. The largest absolute Gasteiger partial charge is 0.504 e. The van der Waals surface area contributed by atoms with Gasteiger partial charge in [0.1, 0.15) is 33.8 Å². The number of carbonyl (C=O) groups excluding carboxylic acids is 2. The third kappa shape index (κ3) is 5.20. The van der Waals surface area contributed by atoms with Crippen molar-refractivity contribution in [3.8, 4) is 23.0 Å². The van der Waals surface area contributed by atoms with Gasteiger partial charge in [0.05, 0.1) is 0 Å². The van der Waals surface area contributed by atoms with E-state index in [0.29, 0.717) is 35.6 Å². The van der Waals surface area contributed by atoms with E-state index in [9.17, 15) is 30.0 Å². The molecule has 2 aromatic carbocycles. The highest BCUT2D eigenvalue weighted by Crippen LogP contribution is 2.62. The Bertz CT molecular complexity index is 1930. The number of hydrogen-bond acceptors (Lipinski definition) is 8. The van der Waals surface area contributed by atoms with Crippen LogP contribution < -0.4 is 0 Å². The lowest BCUT2D eigenvalue weighted by atomic mass is 9.53. The van der Waals surface area contributed by atoms with Crippen LogP contribution in [-0.2, 0) is 10.8 Å². The number of rotatable bonds is 2. The molecule has 0 radical (unpaired) electrons. The van der Waals surface area contributed by atoms with E-state index in [4.69, 9.17) is 8.83 Å². The van der Waals surface area contributed by atoms with E-state index in [-0.39, 0.29) is 56.1 Å². The van der Waals surface area contributed by atoms with Gasteiger partial charge in [0.25, 0.3) is 0 Å². The molecule has 2 saturated carbocycles. The first-order valence-electron chi connectivity index (χ1n) is 19.3. The van der Waals surface area contributed by atoms with Crippen LogP contribution >= 0.6 is 0 Å². The first-order chi connectivity index (χ1) is 24.4. The quantitative estimate of drug-likeness (QED) is 0.119. The zero-order valence-corrected chi connectivity index (χ0v) is 32.1. The summed E-state index contributed by atoms with van der Waals surface area (Å²) in [5.74, 6) is 2.09. The number of phenolic OH excluding ortho intramolecular Hbond substituents is 4. The lowest BCUT2D eigenvalue weighted by Gasteiger charge is -2.50. The summed E-state index contributed by atoms with van der Waals surface area (Å²) in [4.78, 5) is 23.2. The zero-order chi connectivity index (χ0) is 37.7. The molecule has 2 heterocycles. The summed E-state index contributed by atoms with van der Waals surface area (Å²) >= 11 is 0. The van der Waals surface area contributed by atoms with Crippen molar-refractivity contribution in [3.05, 3.63) is 45.9 Å². The molecule has 4 aliphatic carbocycles. The lowest BCUT2D eigenvalue weighted by Crippen LogP contribution is -2.44. The van der Waals surface area contributed by atoms with Crippen molar-refractivity contribution in [3.63, 3.8) is 0 Å². The minimum Gasteiger partial charge on any atom is -0.504 e. The third-order valence-corrected chi connectivity index (χ3v) is 14.5. The van der Waals surface area contributed by atoms with Crippen molar-refractivity contribution in [1.82, 2.24) is 0 Å². The van der Waals surface area contributed by atoms with Gasteiger partial charge in [-0.2, -0.15) is 0 Å². The Hall–Kier alpha value is -3.94. The predicted octanol–water partition coefficient (Wildman–Crippen LogP) is 11.3. The molecule has 8 rings (SSSR count). The molecule has 8 nitrogen and oxygen atoms in total. The van der Waals surface area contributed by atoms with E-state index in [1.54, 1.807) is 12.1 Å². The molecule has 280 valence electrons. The third-order valence-electron chi connectivity index (χ3n) is 14.5. The van der Waals surface area contributed by atoms with Gasteiger partial charge >= 0.3 is 0 Å². The van der Waals surface area contributed by atoms with Crippen LogP contribution in [0, 0.1) is 22.7 Å². The average molecular weight is 713 g/mol. The maximum atomic E-state index is 11.6. The predicted molar refractivity (Wildman–Crippen MR) is 202 cm³/mol. The standard InChI is InChI=1S/2C22H28O4/c2*1-12-6-7-16-21(2,3)8-5-9-22(16,4)17-13-10-15(24)18(25)14(11-23)20(13)26-19(12)17/h2*10-12,16,24-25H,5-9H2,1-4H3/t2*12-,16+,22+/m10/s1. The van der Waals surface area contributed by atoms with Gasteiger partial charge < -0.3 is 29.3 Å². The van der Waals surface area contributed by atoms with E-state index >= 15 is 0 Å². The van der Waals surface area contributed by atoms with Crippen molar-refractivity contribution in [2.75, 3.05) is 0 Å². The monoisotopic (exact) mass is 712 g/mol. The Morgan fingerprint density at radius 2 is 0.962 bits per heavy atom. The molecule has 4 aliphatic rings. The second-order valence-corrected chi connectivity index (χ2v) is 18.6. The van der Waals surface area contributed by atoms with E-state index in [1.807, 2.05) is 0 Å². The van der Waals surface area contributed by atoms with Crippen LogP contribution in [-0.4, -0.2) is 33.0 Å². The number of aldehydes is 2. The minimum atomic E-state index is -0.394. The van der Waals surface area contributed by atoms with Crippen LogP contribution in [0.15, 0.2) is 21.0 Å². The number of phenols is 4. The van der Waals surface area contributed by atoms with Crippen LogP contribution in [0.3, 0.4) is 0 Å². The molecular weight excluding hydrogens is 656 g/mol. The highest BCUT2D eigenvalue weighted by Gasteiger charge is 2.53. The molecular formula is C44H56O8. The average Bonchev–Trinajstić information content (AvgIpc) is 3.58. The summed E-state index contributed by atoms with van der Waals surface area (Å²) in [5, 5.41) is 42.2. The van der Waals surface area contributed by atoms with Gasteiger partial charge in [-0.1, -0.05) is 68.2 Å². The van der Waals surface area contributed by atoms with Crippen LogP contribution in [0.4, 0.5) is 0 Å². The number of furan rings is 2. The molecule has 52 heavy (non-hydrogen) atoms. The number of hydrogen-bond donors (Lipinski definition) is 4. The van der Waals surface area contributed by atoms with Gasteiger partial charge in [0.2, 0.25) is 0 Å². The van der Waals surface area contributed by atoms with Crippen LogP contribution in [0.5, 0.6) is 23.0 Å². The Morgan fingerprint density at radius 3 is 1.31 bits per heavy atom. The smallest absolute Gasteiger partial charge is 0.172 e. The summed E-state index contributed by atoms with van der Waals surface area (Å²) in [7, 11) is 0. The van der Waals surface area contributed by atoms with Gasteiger partial charge in [0, 0.05) is 33.7 Å². The van der Waals surface area contributed by atoms with Gasteiger partial charge in [-0.25, -0.2) is 0 Å². The molecule has 0 unspecified atom stereocenters. The Morgan fingerprint density at radius 1 is 0.596 bits per heavy atom. The fourth-order valence-electron chi connectivity index (χ4n) is 11.9. The lowest BCUT2D eigenvalue weighted by molar-refractivity contribution is 0.0502.